The van der Waals surface area contributed by atoms with Crippen LogP contribution in [0.4, 0.5) is 0 Å². The number of aromatic nitrogens is 2. The number of Topliss-reactive ketones (excluding diaryl/α,β-unsaturated/α-hetero) is 1. The van der Waals surface area contributed by atoms with Crippen molar-refractivity contribution in [2.45, 2.75) is 32.2 Å². The number of carbonyl (C=O) groups excluding carboxylic acids is 2. The number of carbonyl (C=O) groups is 2. The molecule has 1 aromatic heterocycles. The fourth-order valence-electron chi connectivity index (χ4n) is 4.09. The quantitative estimate of drug-likeness (QED) is 0.550. The lowest BCUT2D eigenvalue weighted by molar-refractivity contribution is -0.132. The molecular formula is C25H27N3O2. The third-order valence-corrected chi connectivity index (χ3v) is 5.83. The van der Waals surface area contributed by atoms with Gasteiger partial charge >= 0.3 is 0 Å². The molecule has 2 heterocycles. The van der Waals surface area contributed by atoms with Crippen LogP contribution in [0.3, 0.4) is 0 Å². The number of hydrogen-bond donors (Lipinski definition) is 0. The van der Waals surface area contributed by atoms with E-state index in [9.17, 15) is 9.59 Å². The van der Waals surface area contributed by atoms with Crippen molar-refractivity contribution in [1.29, 1.82) is 0 Å². The van der Waals surface area contributed by atoms with Gasteiger partial charge in [-0.05, 0) is 18.8 Å². The summed E-state index contributed by atoms with van der Waals surface area (Å²) >= 11 is 0. The van der Waals surface area contributed by atoms with E-state index in [1.807, 2.05) is 53.7 Å². The molecule has 154 valence electrons. The molecule has 0 unspecified atom stereocenters. The van der Waals surface area contributed by atoms with E-state index in [4.69, 9.17) is 0 Å². The predicted octanol–water partition coefficient (Wildman–Crippen LogP) is 4.45. The molecule has 0 radical (unpaired) electrons. The number of hydrogen-bond acceptors (Lipinski definition) is 3. The second-order valence-corrected chi connectivity index (χ2v) is 7.88. The predicted molar refractivity (Wildman–Crippen MR) is 117 cm³/mol. The van der Waals surface area contributed by atoms with Gasteiger partial charge in [0.2, 0.25) is 5.91 Å². The second-order valence-electron chi connectivity index (χ2n) is 7.88. The Bertz CT molecular complexity index is 974. The lowest BCUT2D eigenvalue weighted by Gasteiger charge is -2.32. The summed E-state index contributed by atoms with van der Waals surface area (Å²) in [5.74, 6) is 1.64. The highest BCUT2D eigenvalue weighted by Crippen LogP contribution is 2.24. The molecule has 1 aliphatic heterocycles. The minimum absolute atomic E-state index is 0.0346. The van der Waals surface area contributed by atoms with E-state index >= 15 is 0 Å². The van der Waals surface area contributed by atoms with Crippen LogP contribution in [-0.2, 0) is 11.3 Å². The standard InChI is InChI=1S/C25H27N3O2/c29-23(21-7-3-1-4-8-21)11-12-24(30)27-16-13-20(14-17-27)19-28-18-15-26-25(28)22-9-5-2-6-10-22/h1-10,15,18,20H,11-14,16-17,19H2. The SMILES string of the molecule is O=C(CCC(=O)N1CCC(Cn2ccnc2-c2ccccc2)CC1)c1ccccc1. The normalized spacial score (nSPS) is 14.6. The highest BCUT2D eigenvalue weighted by Gasteiger charge is 2.24. The van der Waals surface area contributed by atoms with Crippen LogP contribution in [0.5, 0.6) is 0 Å². The molecule has 0 saturated carbocycles. The molecule has 0 bridgehead atoms. The largest absolute Gasteiger partial charge is 0.343 e. The molecule has 30 heavy (non-hydrogen) atoms. The summed E-state index contributed by atoms with van der Waals surface area (Å²) in [5.41, 5.74) is 1.80. The monoisotopic (exact) mass is 401 g/mol. The van der Waals surface area contributed by atoms with Crippen LogP contribution in [-0.4, -0.2) is 39.2 Å². The van der Waals surface area contributed by atoms with Gasteiger partial charge in [0, 0.05) is 56.0 Å². The highest BCUT2D eigenvalue weighted by atomic mass is 16.2. The Labute approximate surface area is 177 Å². The number of rotatable bonds is 7. The van der Waals surface area contributed by atoms with Gasteiger partial charge in [0.25, 0.3) is 0 Å². The van der Waals surface area contributed by atoms with Gasteiger partial charge in [0.05, 0.1) is 0 Å². The third kappa shape index (κ3) is 4.85. The zero-order chi connectivity index (χ0) is 20.8. The van der Waals surface area contributed by atoms with Crippen molar-refractivity contribution in [1.82, 2.24) is 14.5 Å². The van der Waals surface area contributed by atoms with E-state index in [0.29, 0.717) is 11.5 Å². The van der Waals surface area contributed by atoms with Gasteiger partial charge in [-0.2, -0.15) is 0 Å². The van der Waals surface area contributed by atoms with Gasteiger partial charge < -0.3 is 9.47 Å². The first-order valence-electron chi connectivity index (χ1n) is 10.6. The number of nitrogens with zero attached hydrogens (tertiary/aromatic N) is 3. The molecule has 4 rings (SSSR count). The number of benzene rings is 2. The van der Waals surface area contributed by atoms with Crippen molar-refractivity contribution < 1.29 is 9.59 Å². The van der Waals surface area contributed by atoms with Crippen LogP contribution in [0, 0.1) is 5.92 Å². The average molecular weight is 402 g/mol. The summed E-state index contributed by atoms with van der Waals surface area (Å²) in [5, 5.41) is 0. The number of ketones is 1. The first-order valence-corrected chi connectivity index (χ1v) is 10.6. The molecule has 3 aromatic rings. The minimum atomic E-state index is 0.0346. The Balaban J connectivity index is 1.26. The second kappa shape index (κ2) is 9.53. The Kier molecular flexibility index (Phi) is 6.38. The lowest BCUT2D eigenvalue weighted by atomic mass is 9.96. The zero-order valence-corrected chi connectivity index (χ0v) is 17.1. The summed E-state index contributed by atoms with van der Waals surface area (Å²) < 4.78 is 2.22. The molecule has 0 N–H and O–H groups in total. The van der Waals surface area contributed by atoms with Gasteiger partial charge in [-0.25, -0.2) is 4.98 Å². The van der Waals surface area contributed by atoms with E-state index < -0.39 is 0 Å². The molecule has 5 nitrogen and oxygen atoms in total. The van der Waals surface area contributed by atoms with Crippen LogP contribution in [0.15, 0.2) is 73.1 Å². The summed E-state index contributed by atoms with van der Waals surface area (Å²) in [7, 11) is 0. The van der Waals surface area contributed by atoms with Gasteiger partial charge in [0.1, 0.15) is 5.82 Å². The van der Waals surface area contributed by atoms with Crippen molar-refractivity contribution in [3.05, 3.63) is 78.6 Å². The van der Waals surface area contributed by atoms with Crippen molar-refractivity contribution in [3.8, 4) is 11.4 Å². The molecule has 0 spiro atoms. The Hall–Kier alpha value is -3.21. The Morgan fingerprint density at radius 2 is 1.57 bits per heavy atom. The van der Waals surface area contributed by atoms with Crippen molar-refractivity contribution >= 4 is 11.7 Å². The van der Waals surface area contributed by atoms with Crippen LogP contribution in [0.1, 0.15) is 36.0 Å². The molecular weight excluding hydrogens is 374 g/mol. The third-order valence-electron chi connectivity index (χ3n) is 5.83. The Morgan fingerprint density at radius 1 is 0.900 bits per heavy atom. The van der Waals surface area contributed by atoms with Gasteiger partial charge in [-0.15, -0.1) is 0 Å². The lowest BCUT2D eigenvalue weighted by Crippen LogP contribution is -2.39. The molecule has 1 amide bonds. The summed E-state index contributed by atoms with van der Waals surface area (Å²) in [6.45, 7) is 2.44. The van der Waals surface area contributed by atoms with E-state index in [0.717, 1.165) is 43.9 Å². The summed E-state index contributed by atoms with van der Waals surface area (Å²) in [6.07, 6.45) is 6.41. The maximum atomic E-state index is 12.6. The maximum Gasteiger partial charge on any atom is 0.223 e. The fraction of sp³-hybridized carbons (Fsp3) is 0.320. The first-order chi connectivity index (χ1) is 14.7. The zero-order valence-electron chi connectivity index (χ0n) is 17.1. The highest BCUT2D eigenvalue weighted by molar-refractivity contribution is 5.97. The van der Waals surface area contributed by atoms with Crippen LogP contribution in [0.2, 0.25) is 0 Å². The van der Waals surface area contributed by atoms with Crippen LogP contribution in [0.25, 0.3) is 11.4 Å². The van der Waals surface area contributed by atoms with Gasteiger partial charge in [-0.3, -0.25) is 9.59 Å². The fourth-order valence-corrected chi connectivity index (χ4v) is 4.09. The Morgan fingerprint density at radius 3 is 2.27 bits per heavy atom. The summed E-state index contributed by atoms with van der Waals surface area (Å²) in [4.78, 5) is 31.2. The van der Waals surface area contributed by atoms with Crippen molar-refractivity contribution in [2.24, 2.45) is 5.92 Å². The van der Waals surface area contributed by atoms with E-state index in [2.05, 4.69) is 21.7 Å². The van der Waals surface area contributed by atoms with Crippen LogP contribution < -0.4 is 0 Å². The van der Waals surface area contributed by atoms with Crippen LogP contribution >= 0.6 is 0 Å². The summed E-state index contributed by atoms with van der Waals surface area (Å²) in [6, 6.07) is 19.4. The maximum absolute atomic E-state index is 12.6. The van der Waals surface area contributed by atoms with Gasteiger partial charge in [0.15, 0.2) is 5.78 Å². The van der Waals surface area contributed by atoms with E-state index in [1.54, 1.807) is 12.1 Å². The molecule has 1 saturated heterocycles. The number of piperidine rings is 1. The van der Waals surface area contributed by atoms with E-state index in [1.165, 1.54) is 0 Å². The molecule has 1 fully saturated rings. The molecule has 5 heteroatoms. The molecule has 1 aliphatic rings. The number of amides is 1. The van der Waals surface area contributed by atoms with Gasteiger partial charge in [-0.1, -0.05) is 60.7 Å². The topological polar surface area (TPSA) is 55.2 Å². The molecule has 0 atom stereocenters. The average Bonchev–Trinajstić information content (AvgIpc) is 3.27. The van der Waals surface area contributed by atoms with Crippen molar-refractivity contribution in [2.75, 3.05) is 13.1 Å². The first kappa shape index (κ1) is 20.1. The van der Waals surface area contributed by atoms with E-state index in [-0.39, 0.29) is 24.5 Å². The molecule has 0 aliphatic carbocycles. The smallest absolute Gasteiger partial charge is 0.223 e. The molecule has 2 aromatic carbocycles. The van der Waals surface area contributed by atoms with Crippen molar-refractivity contribution in [3.63, 3.8) is 0 Å². The minimum Gasteiger partial charge on any atom is -0.343 e. The number of imidazole rings is 1. The number of likely N-dealkylation sites (tertiary alicyclic amines) is 1.